The van der Waals surface area contributed by atoms with E-state index in [1.54, 1.807) is 6.08 Å². The Hall–Kier alpha value is -2.48. The first kappa shape index (κ1) is 12.3. The van der Waals surface area contributed by atoms with Gasteiger partial charge in [0.15, 0.2) is 5.78 Å². The fourth-order valence-corrected chi connectivity index (χ4v) is 3.34. The van der Waals surface area contributed by atoms with Gasteiger partial charge in [-0.1, -0.05) is 49.4 Å². The second-order valence-corrected chi connectivity index (χ2v) is 5.68. The van der Waals surface area contributed by atoms with Gasteiger partial charge in [-0.15, -0.1) is 0 Å². The van der Waals surface area contributed by atoms with E-state index in [2.05, 4.69) is 0 Å². The first-order valence-electron chi connectivity index (χ1n) is 7.18. The van der Waals surface area contributed by atoms with Gasteiger partial charge in [0.25, 0.3) is 0 Å². The molecular weight excluding hydrogens is 260 g/mol. The molecule has 2 aromatic carbocycles. The van der Waals surface area contributed by atoms with Crippen molar-refractivity contribution in [2.24, 2.45) is 0 Å². The second-order valence-electron chi connectivity index (χ2n) is 5.68. The van der Waals surface area contributed by atoms with E-state index in [9.17, 15) is 9.59 Å². The zero-order valence-electron chi connectivity index (χ0n) is 11.7. The van der Waals surface area contributed by atoms with Crippen molar-refractivity contribution in [3.05, 3.63) is 58.0 Å². The first-order valence-corrected chi connectivity index (χ1v) is 7.18. The lowest BCUT2D eigenvalue weighted by Crippen LogP contribution is -2.38. The highest BCUT2D eigenvalue weighted by Crippen LogP contribution is 2.26. The Morgan fingerprint density at radius 3 is 2.48 bits per heavy atom. The molecule has 0 saturated heterocycles. The maximum atomic E-state index is 12.3. The molecule has 2 aliphatic rings. The summed E-state index contributed by atoms with van der Waals surface area (Å²) in [5, 5.41) is 2.03. The van der Waals surface area contributed by atoms with Crippen molar-refractivity contribution in [3.63, 3.8) is 0 Å². The van der Waals surface area contributed by atoms with Crippen LogP contribution in [-0.2, 0) is 4.79 Å². The molecule has 0 aromatic heterocycles. The molecule has 21 heavy (non-hydrogen) atoms. The lowest BCUT2D eigenvalue weighted by molar-refractivity contribution is -0.119. The largest absolute Gasteiger partial charge is 0.299 e. The Morgan fingerprint density at radius 2 is 1.67 bits per heavy atom. The highest BCUT2D eigenvalue weighted by molar-refractivity contribution is 6.22. The van der Waals surface area contributed by atoms with Crippen molar-refractivity contribution in [1.82, 2.24) is 0 Å². The lowest BCUT2D eigenvalue weighted by Gasteiger charge is -2.20. The van der Waals surface area contributed by atoms with Crippen molar-refractivity contribution in [1.29, 1.82) is 0 Å². The van der Waals surface area contributed by atoms with E-state index in [0.717, 1.165) is 32.7 Å². The summed E-state index contributed by atoms with van der Waals surface area (Å²) in [7, 11) is 0. The maximum Gasteiger partial charge on any atom is 0.187 e. The minimum atomic E-state index is -0.0871. The average Bonchev–Trinajstić information content (AvgIpc) is 2.51. The third kappa shape index (κ3) is 1.65. The molecule has 0 bridgehead atoms. The van der Waals surface area contributed by atoms with Crippen LogP contribution >= 0.6 is 0 Å². The van der Waals surface area contributed by atoms with Crippen molar-refractivity contribution >= 4 is 23.7 Å². The van der Waals surface area contributed by atoms with Crippen molar-refractivity contribution in [2.75, 3.05) is 0 Å². The predicted molar refractivity (Wildman–Crippen MR) is 82.4 cm³/mol. The van der Waals surface area contributed by atoms with E-state index in [-0.39, 0.29) is 17.5 Å². The SMILES string of the molecule is CC1C(=O)CC=c2c1ccc1c2=CC(=O)c2ccccc2-1. The van der Waals surface area contributed by atoms with Crippen LogP contribution in [0, 0.1) is 0 Å². The summed E-state index contributed by atoms with van der Waals surface area (Å²) in [4.78, 5) is 24.2. The van der Waals surface area contributed by atoms with Gasteiger partial charge in [0.1, 0.15) is 5.78 Å². The number of carbonyl (C=O) groups is 2. The number of ketones is 2. The second kappa shape index (κ2) is 4.26. The molecule has 0 radical (unpaired) electrons. The molecule has 1 atom stereocenters. The highest BCUT2D eigenvalue weighted by Gasteiger charge is 2.23. The van der Waals surface area contributed by atoms with Gasteiger partial charge in [0.2, 0.25) is 0 Å². The average molecular weight is 274 g/mol. The number of benzene rings is 2. The molecule has 0 fully saturated rings. The van der Waals surface area contributed by atoms with Gasteiger partial charge >= 0.3 is 0 Å². The molecule has 0 spiro atoms. The number of fused-ring (bicyclic) bond motifs is 5. The van der Waals surface area contributed by atoms with Crippen molar-refractivity contribution < 1.29 is 9.59 Å². The summed E-state index contributed by atoms with van der Waals surface area (Å²) >= 11 is 0. The van der Waals surface area contributed by atoms with Crippen molar-refractivity contribution in [3.8, 4) is 11.1 Å². The van der Waals surface area contributed by atoms with Crippen molar-refractivity contribution in [2.45, 2.75) is 19.3 Å². The third-order valence-corrected chi connectivity index (χ3v) is 4.54. The topological polar surface area (TPSA) is 34.1 Å². The Morgan fingerprint density at radius 1 is 0.905 bits per heavy atom. The van der Waals surface area contributed by atoms with Crippen LogP contribution in [0.25, 0.3) is 23.3 Å². The number of carbonyl (C=O) groups excluding carboxylic acids is 2. The number of rotatable bonds is 0. The van der Waals surface area contributed by atoms with Crippen LogP contribution in [0.1, 0.15) is 35.2 Å². The summed E-state index contributed by atoms with van der Waals surface area (Å²) in [5.74, 6) is 0.199. The molecule has 2 heteroatoms. The Labute approximate surface area is 122 Å². The van der Waals surface area contributed by atoms with E-state index < -0.39 is 0 Å². The van der Waals surface area contributed by atoms with Crippen LogP contribution in [0.3, 0.4) is 0 Å². The van der Waals surface area contributed by atoms with Gasteiger partial charge in [-0.3, -0.25) is 9.59 Å². The van der Waals surface area contributed by atoms with Gasteiger partial charge in [0.05, 0.1) is 0 Å². The molecule has 0 saturated carbocycles. The monoisotopic (exact) mass is 274 g/mol. The Balaban J connectivity index is 2.12. The van der Waals surface area contributed by atoms with E-state index in [1.165, 1.54) is 0 Å². The third-order valence-electron chi connectivity index (χ3n) is 4.54. The fourth-order valence-electron chi connectivity index (χ4n) is 3.34. The number of hydrogen-bond acceptors (Lipinski definition) is 2. The quantitative estimate of drug-likeness (QED) is 0.738. The van der Waals surface area contributed by atoms with E-state index in [0.29, 0.717) is 6.42 Å². The van der Waals surface area contributed by atoms with E-state index in [4.69, 9.17) is 0 Å². The first-order chi connectivity index (χ1) is 10.2. The fraction of sp³-hybridized carbons (Fsp3) is 0.158. The van der Waals surface area contributed by atoms with Gasteiger partial charge in [0, 0.05) is 17.9 Å². The van der Waals surface area contributed by atoms with Crippen LogP contribution in [0.15, 0.2) is 36.4 Å². The molecule has 2 aromatic rings. The summed E-state index contributed by atoms with van der Waals surface area (Å²) in [6.45, 7) is 1.94. The van der Waals surface area contributed by atoms with E-state index >= 15 is 0 Å². The molecule has 0 amide bonds. The van der Waals surface area contributed by atoms with Crippen LogP contribution in [0.2, 0.25) is 0 Å². The van der Waals surface area contributed by atoms with Gasteiger partial charge in [-0.05, 0) is 33.2 Å². The number of Topliss-reactive ketones (excluding diaryl/α,β-unsaturated/α-hetero) is 2. The van der Waals surface area contributed by atoms with Crippen LogP contribution < -0.4 is 10.4 Å². The molecule has 102 valence electrons. The van der Waals surface area contributed by atoms with Gasteiger partial charge < -0.3 is 0 Å². The zero-order valence-corrected chi connectivity index (χ0v) is 11.7. The molecule has 4 rings (SSSR count). The minimum Gasteiger partial charge on any atom is -0.299 e. The zero-order chi connectivity index (χ0) is 14.6. The molecule has 2 aliphatic carbocycles. The minimum absolute atomic E-state index is 0.0458. The van der Waals surface area contributed by atoms with Crippen LogP contribution in [0.5, 0.6) is 0 Å². The lowest BCUT2D eigenvalue weighted by atomic mass is 9.82. The smallest absolute Gasteiger partial charge is 0.187 e. The molecule has 1 unspecified atom stereocenters. The van der Waals surface area contributed by atoms with Crippen LogP contribution in [0.4, 0.5) is 0 Å². The Bertz CT molecular complexity index is 919. The summed E-state index contributed by atoms with van der Waals surface area (Å²) in [6, 6.07) is 11.8. The van der Waals surface area contributed by atoms with Crippen LogP contribution in [-0.4, -0.2) is 11.6 Å². The molecule has 0 heterocycles. The summed E-state index contributed by atoms with van der Waals surface area (Å²) < 4.78 is 0. The van der Waals surface area contributed by atoms with Gasteiger partial charge in [-0.25, -0.2) is 0 Å². The summed E-state index contributed by atoms with van der Waals surface area (Å²) in [6.07, 6.45) is 4.14. The van der Waals surface area contributed by atoms with Gasteiger partial charge in [-0.2, -0.15) is 0 Å². The molecule has 2 nitrogen and oxygen atoms in total. The van der Waals surface area contributed by atoms with E-state index in [1.807, 2.05) is 49.4 Å². The molecule has 0 N–H and O–H groups in total. The number of hydrogen-bond donors (Lipinski definition) is 0. The maximum absolute atomic E-state index is 12.3. The predicted octanol–water partition coefficient (Wildman–Crippen LogP) is 2.19. The summed E-state index contributed by atoms with van der Waals surface area (Å²) in [5.41, 5.74) is 3.86. The Kier molecular flexibility index (Phi) is 2.49. The molecular formula is C19H14O2. The standard InChI is InChI=1S/C19H14O2/c1-11-12-6-7-15-13-4-2-3-5-16(13)19(21)10-17(15)14(12)8-9-18(11)20/h2-8,10-11H,9H2,1H3. The highest BCUT2D eigenvalue weighted by atomic mass is 16.1. The normalized spacial score (nSPS) is 19.0. The molecule has 0 aliphatic heterocycles.